The van der Waals surface area contributed by atoms with Gasteiger partial charge >= 0.3 is 23.9 Å². The maximum absolute atomic E-state index is 12.5. The SMILES string of the molecule is CC(=O)CC1CCN(Cc2cc3cc4c(cc3n2C)CCCc2c-4[nH]c(=O)c(C(=O)O)c2O)C1.CC(CN(C)C)NCc1cc2cc3c(cc2n1C)CCCc1c-3[nH]c(=O)c(C(=O)O)c1O.CN1CCC(NCc2cc3cc4c(cc3n2C)CCCc2c-4[nH]c(=O)c(C(=O)O)c2O)CC1.COC1CCN(Cc2cc3cc4c(cc3n2C)CCCc2c-4[nH]c(=O)c(C(=O)O)c2O)C1. The van der Waals surface area contributed by atoms with Gasteiger partial charge in [0.1, 0.15) is 28.8 Å². The number of piperidine rings is 1. The molecule has 4 aliphatic carbocycles. The van der Waals surface area contributed by atoms with Gasteiger partial charge in [-0.3, -0.25) is 29.0 Å². The van der Waals surface area contributed by atoms with E-state index in [1.807, 2.05) is 12.1 Å². The molecule has 32 heteroatoms. The number of likely N-dealkylation sites (N-methyl/N-ethyl adjacent to an activating group) is 1. The first-order chi connectivity index (χ1) is 62.6. The summed E-state index contributed by atoms with van der Waals surface area (Å²) in [6, 6.07) is 26.3. The van der Waals surface area contributed by atoms with Gasteiger partial charge in [0.2, 0.25) is 0 Å². The van der Waals surface area contributed by atoms with Gasteiger partial charge in [-0.2, -0.15) is 0 Å². The molecule has 0 bridgehead atoms. The van der Waals surface area contributed by atoms with E-state index in [2.05, 4.69) is 185 Å². The number of H-pyrrole nitrogens is 4. The largest absolute Gasteiger partial charge is 0.506 e. The fourth-order valence-electron chi connectivity index (χ4n) is 20.9. The van der Waals surface area contributed by atoms with Gasteiger partial charge in [0.05, 0.1) is 28.9 Å². The second-order valence-corrected chi connectivity index (χ2v) is 37.0. The Morgan fingerprint density at radius 3 is 1.10 bits per heavy atom. The third-order valence-corrected chi connectivity index (χ3v) is 27.9. The zero-order valence-electron chi connectivity index (χ0n) is 75.8. The van der Waals surface area contributed by atoms with E-state index < -0.39 is 91.4 Å². The van der Waals surface area contributed by atoms with E-state index in [0.717, 1.165) is 243 Å². The van der Waals surface area contributed by atoms with E-state index in [0.29, 0.717) is 95.1 Å². The van der Waals surface area contributed by atoms with Crippen LogP contribution in [0.4, 0.5) is 0 Å². The van der Waals surface area contributed by atoms with Crippen LogP contribution in [0.1, 0.15) is 180 Å². The standard InChI is InChI=1S/C26H29N3O5.C25H30N4O4.C24H30N4O4.C24H27N3O5/c1-14(30)8-15-6-7-29(12-15)13-18-9-17-10-20-16(11-21(17)28(18)2)4-3-5-19-23(20)27-25(32)22(24(19)31)26(33)34;1-28-8-6-16(7-9-28)26-13-17-10-15-11-19-14(12-20(15)29(17)2)4-3-5-18-22(19)27-24(31)21(23(18)30)25(32)33;1-13(12-27(2)3)25-11-16-8-15-9-18-14(10-19(15)28(16)4)6-5-7-17-21(18)26-23(30)20(22(17)29)24(31)32;1-26-15(11-27-7-6-16(12-27)32-2)8-14-9-18-13(10-19(14)26)4-3-5-17-21(18)25-23(29)20(22(17)28)24(30)31/h9-11,15H,3-8,12-13H2,1-2H3,(H,33,34)(H2,27,31,32);10-12,16,26H,3-9,13H2,1-2H3,(H,32,33)(H2,27,30,31);8-10,13,25H,5-7,11-12H2,1-4H3,(H,31,32)(H2,26,29,30);8-10,16H,3-7,11-12H2,1-2H3,(H,30,31)(H2,25,28,29). The molecule has 3 unspecified atom stereocenters. The van der Waals surface area contributed by atoms with Crippen LogP contribution in [-0.4, -0.2) is 221 Å². The van der Waals surface area contributed by atoms with Crippen molar-refractivity contribution in [2.75, 3.05) is 74.1 Å². The van der Waals surface area contributed by atoms with Crippen molar-refractivity contribution in [2.24, 2.45) is 34.1 Å². The van der Waals surface area contributed by atoms with Gasteiger partial charge in [0.15, 0.2) is 22.3 Å². The number of hydrogen-bond acceptors (Lipinski definition) is 20. The molecule has 0 radical (unpaired) electrons. The molecule has 0 saturated carbocycles. The molecule has 14 N–H and O–H groups in total. The fourth-order valence-corrected chi connectivity index (χ4v) is 20.9. The first-order valence-electron chi connectivity index (χ1n) is 45.2. The Kier molecular flexibility index (Phi) is 26.3. The number of Topliss-reactive ketones (excluding diaryl/α,β-unsaturated/α-hetero) is 1. The highest BCUT2D eigenvalue weighted by atomic mass is 16.5. The van der Waals surface area contributed by atoms with Crippen molar-refractivity contribution in [3.8, 4) is 68.0 Å². The summed E-state index contributed by atoms with van der Waals surface area (Å²) in [5, 5.41) is 91.2. The summed E-state index contributed by atoms with van der Waals surface area (Å²) >= 11 is 0. The molecule has 3 fully saturated rings. The minimum absolute atomic E-state index is 0.248. The molecular formula is C99H116N14O18. The molecule has 7 aliphatic rings. The lowest BCUT2D eigenvalue weighted by Crippen LogP contribution is -2.40. The number of aromatic hydroxyl groups is 4. The topological polar surface area (TPSA) is 445 Å². The van der Waals surface area contributed by atoms with Gasteiger partial charge in [-0.1, -0.05) is 0 Å². The molecule has 19 rings (SSSR count). The predicted molar refractivity (Wildman–Crippen MR) is 500 cm³/mol. The smallest absolute Gasteiger partial charge is 0.345 e. The average Bonchev–Trinajstić information content (AvgIpc) is 1.63. The number of pyridine rings is 4. The third-order valence-electron chi connectivity index (χ3n) is 27.9. The average molecular weight is 1790 g/mol. The van der Waals surface area contributed by atoms with E-state index in [9.17, 15) is 84.0 Å². The van der Waals surface area contributed by atoms with Crippen molar-refractivity contribution in [1.29, 1.82) is 0 Å². The number of aromatic nitrogens is 8. The van der Waals surface area contributed by atoms with Gasteiger partial charge in [-0.05, 0) is 258 Å². The van der Waals surface area contributed by atoms with Crippen molar-refractivity contribution in [1.82, 2.24) is 68.4 Å². The highest BCUT2D eigenvalue weighted by molar-refractivity contribution is 5.98. The number of hydrogen-bond donors (Lipinski definition) is 14. The summed E-state index contributed by atoms with van der Waals surface area (Å²) in [6.07, 6.45) is 13.5. The Labute approximate surface area is 754 Å². The maximum Gasteiger partial charge on any atom is 0.345 e. The number of ether oxygens (including phenoxy) is 1. The zero-order valence-corrected chi connectivity index (χ0v) is 75.8. The van der Waals surface area contributed by atoms with Gasteiger partial charge in [0, 0.05) is 217 Å². The summed E-state index contributed by atoms with van der Waals surface area (Å²) in [5.74, 6) is -6.68. The highest BCUT2D eigenvalue weighted by Crippen LogP contribution is 2.45. The Morgan fingerprint density at radius 2 is 0.771 bits per heavy atom. The van der Waals surface area contributed by atoms with Crippen molar-refractivity contribution in [3.63, 3.8) is 0 Å². The molecule has 11 heterocycles. The van der Waals surface area contributed by atoms with Crippen LogP contribution in [0.25, 0.3) is 88.6 Å². The number of carbonyl (C=O) groups excluding carboxylic acids is 1. The van der Waals surface area contributed by atoms with Gasteiger partial charge < -0.3 is 109 Å². The number of carboxylic acid groups (broad SMARTS) is 4. The monoisotopic (exact) mass is 1790 g/mol. The minimum Gasteiger partial charge on any atom is -0.506 e. The van der Waals surface area contributed by atoms with Gasteiger partial charge in [-0.15, -0.1) is 0 Å². The molecule has 32 nitrogen and oxygen atoms in total. The van der Waals surface area contributed by atoms with Crippen LogP contribution in [0, 0.1) is 5.92 Å². The van der Waals surface area contributed by atoms with Crippen LogP contribution >= 0.6 is 0 Å². The number of benzene rings is 4. The van der Waals surface area contributed by atoms with Crippen LogP contribution in [0.3, 0.4) is 0 Å². The molecule has 3 saturated heterocycles. The number of aromatic amines is 4. The molecule has 12 aromatic rings. The number of rotatable bonds is 19. The number of methoxy groups -OCH3 is 1. The second-order valence-electron chi connectivity index (χ2n) is 37.0. The van der Waals surface area contributed by atoms with E-state index in [1.54, 1.807) is 14.0 Å². The van der Waals surface area contributed by atoms with E-state index in [4.69, 9.17) is 4.74 Å². The lowest BCUT2D eigenvalue weighted by molar-refractivity contribution is -0.117. The fraction of sp³-hybridized carbons (Fsp3) is 0.424. The second kappa shape index (κ2) is 37.6. The van der Waals surface area contributed by atoms with E-state index in [-0.39, 0.29) is 11.9 Å². The number of likely N-dealkylation sites (tertiary alicyclic amines) is 3. The van der Waals surface area contributed by atoms with Gasteiger partial charge in [-0.25, -0.2) is 19.2 Å². The number of nitrogens with zero attached hydrogens (tertiary/aromatic N) is 8. The summed E-state index contributed by atoms with van der Waals surface area (Å²) in [5.41, 5.74) is 15.5. The number of aromatic carboxylic acids is 4. The first kappa shape index (κ1) is 91.6. The summed E-state index contributed by atoms with van der Waals surface area (Å²) < 4.78 is 14.3. The Hall–Kier alpha value is -12.7. The van der Waals surface area contributed by atoms with Crippen molar-refractivity contribution in [3.05, 3.63) is 204 Å². The molecular weight excluding hydrogens is 1670 g/mol. The molecule has 0 spiro atoms. The van der Waals surface area contributed by atoms with E-state index in [1.165, 1.54) is 17.1 Å². The maximum atomic E-state index is 12.5. The molecule has 0 amide bonds. The summed E-state index contributed by atoms with van der Waals surface area (Å²) in [4.78, 5) is 127. The summed E-state index contributed by atoms with van der Waals surface area (Å²) in [6.45, 7) is 14.0. The van der Waals surface area contributed by atoms with Crippen LogP contribution in [0.5, 0.6) is 23.0 Å². The molecule has 131 heavy (non-hydrogen) atoms. The number of fused-ring (bicyclic) bond motifs is 16. The number of carbonyl (C=O) groups is 5. The number of ketones is 1. The highest BCUT2D eigenvalue weighted by Gasteiger charge is 2.34. The third kappa shape index (κ3) is 18.4. The van der Waals surface area contributed by atoms with Crippen molar-refractivity contribution >= 4 is 73.3 Å². The molecule has 4 aromatic carbocycles. The molecule has 690 valence electrons. The van der Waals surface area contributed by atoms with Crippen molar-refractivity contribution < 1.29 is 69.6 Å². The minimum atomic E-state index is -1.43. The lowest BCUT2D eigenvalue weighted by Gasteiger charge is -2.29. The van der Waals surface area contributed by atoms with Crippen LogP contribution in [-0.2, 0) is 115 Å². The first-order valence-corrected chi connectivity index (χ1v) is 45.2. The van der Waals surface area contributed by atoms with Crippen LogP contribution in [0.2, 0.25) is 0 Å². The number of aryl methyl sites for hydroxylation is 8. The van der Waals surface area contributed by atoms with Crippen LogP contribution < -0.4 is 32.9 Å². The predicted octanol–water partition coefficient (Wildman–Crippen LogP) is 10.9. The van der Waals surface area contributed by atoms with Crippen molar-refractivity contribution in [2.45, 2.75) is 167 Å². The zero-order chi connectivity index (χ0) is 93.1. The number of nitrogens with one attached hydrogen (secondary N) is 6. The van der Waals surface area contributed by atoms with Gasteiger partial charge in [0.25, 0.3) is 22.2 Å². The molecule has 3 aliphatic heterocycles. The summed E-state index contributed by atoms with van der Waals surface area (Å²) in [7, 11) is 16.3. The lowest BCUT2D eigenvalue weighted by atomic mass is 9.98. The normalized spacial score (nSPS) is 17.0. The molecule has 8 aromatic heterocycles. The molecule has 3 atom stereocenters. The Balaban J connectivity index is 0.000000128. The Morgan fingerprint density at radius 1 is 0.443 bits per heavy atom. The van der Waals surface area contributed by atoms with E-state index >= 15 is 0 Å². The van der Waals surface area contributed by atoms with Crippen LogP contribution in [0.15, 0.2) is 92.0 Å². The Bertz CT molecular complexity index is 6840. The quantitative estimate of drug-likeness (QED) is 0.0357. The number of carboxylic acids is 4.